The van der Waals surface area contributed by atoms with Gasteiger partial charge in [-0.1, -0.05) is 31.2 Å². The Bertz CT molecular complexity index is 798. The van der Waals surface area contributed by atoms with Crippen LogP contribution in [0.1, 0.15) is 36.3 Å². The Labute approximate surface area is 148 Å². The second-order valence-corrected chi connectivity index (χ2v) is 8.22. The van der Waals surface area contributed by atoms with Crippen LogP contribution in [0.5, 0.6) is 0 Å². The second-order valence-electron chi connectivity index (χ2n) is 6.54. The van der Waals surface area contributed by atoms with Gasteiger partial charge >= 0.3 is 0 Å². The fourth-order valence-electron chi connectivity index (χ4n) is 3.04. The zero-order valence-corrected chi connectivity index (χ0v) is 15.0. The van der Waals surface area contributed by atoms with Crippen molar-refractivity contribution in [1.82, 2.24) is 5.32 Å². The minimum atomic E-state index is -3.65. The molecule has 2 aromatic carbocycles. The molecule has 0 radical (unpaired) electrons. The molecular weight excluding hydrogens is 339 g/mol. The predicted octanol–water partition coefficient (Wildman–Crippen LogP) is 3.64. The Hall–Kier alpha value is -1.92. The van der Waals surface area contributed by atoms with Crippen LogP contribution in [-0.4, -0.2) is 28.2 Å². The maximum atomic E-state index is 12.7. The molecule has 134 valence electrons. The largest absolute Gasteiger partial charge is 0.316 e. The van der Waals surface area contributed by atoms with Crippen LogP contribution < -0.4 is 10.0 Å². The Morgan fingerprint density at radius 2 is 1.84 bits per heavy atom. The summed E-state index contributed by atoms with van der Waals surface area (Å²) in [5.74, 6) is 0.262. The highest BCUT2D eigenvalue weighted by molar-refractivity contribution is 7.92. The lowest BCUT2D eigenvalue weighted by Crippen LogP contribution is -2.13. The molecule has 1 saturated heterocycles. The van der Waals surface area contributed by atoms with Crippen LogP contribution in [0.2, 0.25) is 0 Å². The summed E-state index contributed by atoms with van der Waals surface area (Å²) in [7, 11) is -3.65. The molecule has 25 heavy (non-hydrogen) atoms. The minimum absolute atomic E-state index is 0.173. The van der Waals surface area contributed by atoms with E-state index in [1.807, 2.05) is 12.1 Å². The van der Waals surface area contributed by atoms with Gasteiger partial charge in [0.05, 0.1) is 11.6 Å². The summed E-state index contributed by atoms with van der Waals surface area (Å²) in [6, 6.07) is 13.9. The molecule has 6 heteroatoms. The van der Waals surface area contributed by atoms with Gasteiger partial charge in [0.2, 0.25) is 0 Å². The lowest BCUT2D eigenvalue weighted by molar-refractivity contribution is 0.447. The summed E-state index contributed by atoms with van der Waals surface area (Å²) >= 11 is 0. The van der Waals surface area contributed by atoms with Gasteiger partial charge in [-0.15, -0.1) is 0 Å². The molecule has 0 bridgehead atoms. The molecule has 2 atom stereocenters. The van der Waals surface area contributed by atoms with E-state index in [0.717, 1.165) is 25.1 Å². The molecular formula is C19H23FN2O2S. The third-order valence-electron chi connectivity index (χ3n) is 4.69. The Balaban J connectivity index is 1.72. The van der Waals surface area contributed by atoms with Gasteiger partial charge in [-0.25, -0.2) is 8.42 Å². The number of sulfonamides is 1. The molecule has 2 N–H and O–H groups in total. The van der Waals surface area contributed by atoms with Crippen LogP contribution in [0.15, 0.2) is 53.4 Å². The predicted molar refractivity (Wildman–Crippen MR) is 98.3 cm³/mol. The maximum absolute atomic E-state index is 12.7. The Morgan fingerprint density at radius 1 is 1.16 bits per heavy atom. The highest BCUT2D eigenvalue weighted by atomic mass is 32.2. The highest BCUT2D eigenvalue weighted by Crippen LogP contribution is 2.25. The first-order valence-electron chi connectivity index (χ1n) is 8.49. The van der Waals surface area contributed by atoms with Crippen LogP contribution >= 0.6 is 0 Å². The van der Waals surface area contributed by atoms with Gasteiger partial charge in [0.15, 0.2) is 0 Å². The van der Waals surface area contributed by atoms with Gasteiger partial charge in [-0.2, -0.15) is 0 Å². The Kier molecular flexibility index (Phi) is 5.39. The van der Waals surface area contributed by atoms with Crippen molar-refractivity contribution in [2.24, 2.45) is 0 Å². The summed E-state index contributed by atoms with van der Waals surface area (Å²) in [5, 5.41) is 3.33. The summed E-state index contributed by atoms with van der Waals surface area (Å²) in [5.41, 5.74) is 2.55. The molecule has 0 spiro atoms. The van der Waals surface area contributed by atoms with Crippen LogP contribution in [0, 0.1) is 0 Å². The van der Waals surface area contributed by atoms with Crippen LogP contribution in [-0.2, 0) is 10.0 Å². The number of hydrogen-bond acceptors (Lipinski definition) is 3. The van der Waals surface area contributed by atoms with Gasteiger partial charge in [-0.05, 0) is 54.3 Å². The summed E-state index contributed by atoms with van der Waals surface area (Å²) < 4.78 is 40.3. The molecule has 4 nitrogen and oxygen atoms in total. The van der Waals surface area contributed by atoms with Crippen LogP contribution in [0.4, 0.5) is 10.1 Å². The quantitative estimate of drug-likeness (QED) is 0.825. The zero-order valence-electron chi connectivity index (χ0n) is 14.2. The van der Waals surface area contributed by atoms with Gasteiger partial charge in [-0.3, -0.25) is 9.11 Å². The number of hydrogen-bond donors (Lipinski definition) is 2. The van der Waals surface area contributed by atoms with E-state index >= 15 is 0 Å². The molecule has 0 aromatic heterocycles. The molecule has 1 fully saturated rings. The van der Waals surface area contributed by atoms with E-state index in [1.165, 1.54) is 17.7 Å². The molecule has 2 unspecified atom stereocenters. The van der Waals surface area contributed by atoms with Crippen molar-refractivity contribution in [2.45, 2.75) is 30.1 Å². The van der Waals surface area contributed by atoms with Crippen LogP contribution in [0.3, 0.4) is 0 Å². The van der Waals surface area contributed by atoms with Crippen molar-refractivity contribution >= 4 is 15.7 Å². The van der Waals surface area contributed by atoms with Gasteiger partial charge in [0.25, 0.3) is 10.0 Å². The first kappa shape index (κ1) is 17.9. The number of halogens is 1. The fraction of sp³-hybridized carbons (Fsp3) is 0.368. The highest BCUT2D eigenvalue weighted by Gasteiger charge is 2.18. The number of rotatable bonds is 6. The molecule has 1 aliphatic heterocycles. The number of alkyl halides is 1. The van der Waals surface area contributed by atoms with Crippen molar-refractivity contribution in [3.8, 4) is 0 Å². The Morgan fingerprint density at radius 3 is 2.40 bits per heavy atom. The molecule has 3 rings (SSSR count). The second kappa shape index (κ2) is 7.54. The normalized spacial score (nSPS) is 18.9. The zero-order chi connectivity index (χ0) is 17.9. The molecule has 2 aromatic rings. The maximum Gasteiger partial charge on any atom is 0.261 e. The third kappa shape index (κ3) is 4.19. The van der Waals surface area contributed by atoms with E-state index in [-0.39, 0.29) is 10.8 Å². The number of benzene rings is 2. The number of nitrogens with one attached hydrogen (secondary N) is 2. The average Bonchev–Trinajstić information content (AvgIpc) is 3.16. The fourth-order valence-corrected chi connectivity index (χ4v) is 4.10. The van der Waals surface area contributed by atoms with Gasteiger partial charge in [0, 0.05) is 18.2 Å². The van der Waals surface area contributed by atoms with Crippen molar-refractivity contribution in [1.29, 1.82) is 0 Å². The summed E-state index contributed by atoms with van der Waals surface area (Å²) in [6.07, 6.45) is 1.11. The molecule has 1 heterocycles. The molecule has 0 saturated carbocycles. The monoisotopic (exact) mass is 362 g/mol. The lowest BCUT2D eigenvalue weighted by atomic mass is 9.98. The van der Waals surface area contributed by atoms with Gasteiger partial charge < -0.3 is 5.32 Å². The molecule has 0 aliphatic carbocycles. The van der Waals surface area contributed by atoms with Crippen molar-refractivity contribution in [2.75, 3.05) is 24.5 Å². The topological polar surface area (TPSA) is 58.2 Å². The third-order valence-corrected chi connectivity index (χ3v) is 6.08. The standard InChI is InChI=1S/C19H23FN2O2S/c1-14(12-20)15-4-8-19(9-5-15)25(23,24)22-18-6-2-16(3-7-18)17-10-11-21-13-17/h2-9,14,17,21-22H,10-13H2,1H3. The van der Waals surface area contributed by atoms with Crippen LogP contribution in [0.25, 0.3) is 0 Å². The molecule has 0 amide bonds. The van der Waals surface area contributed by atoms with Gasteiger partial charge in [0.1, 0.15) is 0 Å². The summed E-state index contributed by atoms with van der Waals surface area (Å²) in [4.78, 5) is 0.173. The van der Waals surface area contributed by atoms with E-state index in [1.54, 1.807) is 31.2 Å². The van der Waals surface area contributed by atoms with E-state index in [0.29, 0.717) is 11.6 Å². The number of anilines is 1. The van der Waals surface area contributed by atoms with E-state index in [4.69, 9.17) is 0 Å². The smallest absolute Gasteiger partial charge is 0.261 e. The van der Waals surface area contributed by atoms with E-state index in [2.05, 4.69) is 10.0 Å². The SMILES string of the molecule is CC(CF)c1ccc(S(=O)(=O)Nc2ccc(C3CCNC3)cc2)cc1. The first-order valence-corrected chi connectivity index (χ1v) is 9.97. The van der Waals surface area contributed by atoms with Crippen molar-refractivity contribution in [3.63, 3.8) is 0 Å². The van der Waals surface area contributed by atoms with E-state index < -0.39 is 16.7 Å². The summed E-state index contributed by atoms with van der Waals surface area (Å²) in [6.45, 7) is 3.29. The minimum Gasteiger partial charge on any atom is -0.316 e. The average molecular weight is 362 g/mol. The lowest BCUT2D eigenvalue weighted by Gasteiger charge is -2.12. The van der Waals surface area contributed by atoms with Crippen molar-refractivity contribution in [3.05, 3.63) is 59.7 Å². The van der Waals surface area contributed by atoms with Crippen molar-refractivity contribution < 1.29 is 12.8 Å². The molecule has 1 aliphatic rings. The van der Waals surface area contributed by atoms with E-state index in [9.17, 15) is 12.8 Å². The first-order chi connectivity index (χ1) is 12.0.